The fourth-order valence-corrected chi connectivity index (χ4v) is 1.99. The predicted octanol–water partition coefficient (Wildman–Crippen LogP) is 2.41. The molecule has 0 bridgehead atoms. The number of carboxylic acids is 1. The number of nitrogens with one attached hydrogen (secondary N) is 1. The second-order valence-corrected chi connectivity index (χ2v) is 4.37. The van der Waals surface area contributed by atoms with E-state index in [1.54, 1.807) is 13.3 Å². The normalized spacial score (nSPS) is 10.4. The van der Waals surface area contributed by atoms with E-state index in [1.165, 1.54) is 0 Å². The summed E-state index contributed by atoms with van der Waals surface area (Å²) in [6.45, 7) is 2.00. The van der Waals surface area contributed by atoms with Gasteiger partial charge in [0.25, 0.3) is 0 Å². The molecule has 0 saturated carbocycles. The molecule has 5 heteroatoms. The van der Waals surface area contributed by atoms with Crippen LogP contribution in [-0.4, -0.2) is 28.4 Å². The number of benzene rings is 1. The van der Waals surface area contributed by atoms with Crippen LogP contribution in [0.25, 0.3) is 11.3 Å². The van der Waals surface area contributed by atoms with E-state index in [4.69, 9.17) is 9.84 Å². The first-order valence-electron chi connectivity index (χ1n) is 6.01. The van der Waals surface area contributed by atoms with E-state index < -0.39 is 5.97 Å². The van der Waals surface area contributed by atoms with Gasteiger partial charge in [0.05, 0.1) is 19.0 Å². The molecule has 0 amide bonds. The van der Waals surface area contributed by atoms with Crippen LogP contribution in [-0.2, 0) is 11.2 Å². The van der Waals surface area contributed by atoms with Crippen LogP contribution >= 0.6 is 0 Å². The minimum atomic E-state index is -0.816. The third-order valence-electron chi connectivity index (χ3n) is 2.95. The van der Waals surface area contributed by atoms with Gasteiger partial charge >= 0.3 is 5.97 Å². The molecule has 1 aromatic heterocycles. The SMILES string of the molecule is COc1ccc(C)cc1-c1[nH]ncc1CCC(=O)O. The standard InChI is InChI=1S/C14H16N2O3/c1-9-3-5-12(19-2)11(7-9)14-10(8-15-16-14)4-6-13(17)18/h3,5,7-8H,4,6H2,1-2H3,(H,15,16)(H,17,18). The number of rotatable bonds is 5. The smallest absolute Gasteiger partial charge is 0.303 e. The number of ether oxygens (including phenoxy) is 1. The molecule has 0 atom stereocenters. The highest BCUT2D eigenvalue weighted by atomic mass is 16.5. The second kappa shape index (κ2) is 5.56. The molecule has 5 nitrogen and oxygen atoms in total. The fraction of sp³-hybridized carbons (Fsp3) is 0.286. The molecular formula is C14H16N2O3. The Kier molecular flexibility index (Phi) is 3.85. The molecule has 0 aliphatic heterocycles. The first-order chi connectivity index (χ1) is 9.11. The number of methoxy groups -OCH3 is 1. The summed E-state index contributed by atoms with van der Waals surface area (Å²) in [6.07, 6.45) is 2.19. The monoisotopic (exact) mass is 260 g/mol. The third-order valence-corrected chi connectivity index (χ3v) is 2.95. The van der Waals surface area contributed by atoms with Crippen LogP contribution in [0.5, 0.6) is 5.75 Å². The lowest BCUT2D eigenvalue weighted by Gasteiger charge is -2.09. The topological polar surface area (TPSA) is 75.2 Å². The van der Waals surface area contributed by atoms with Gasteiger partial charge in [0.1, 0.15) is 5.75 Å². The summed E-state index contributed by atoms with van der Waals surface area (Å²) in [5.41, 5.74) is 3.71. The Morgan fingerprint density at radius 1 is 1.47 bits per heavy atom. The van der Waals surface area contributed by atoms with Gasteiger partial charge in [0, 0.05) is 12.0 Å². The van der Waals surface area contributed by atoms with Crippen molar-refractivity contribution < 1.29 is 14.6 Å². The number of carboxylic acid groups (broad SMARTS) is 1. The number of hydrogen-bond acceptors (Lipinski definition) is 3. The van der Waals surface area contributed by atoms with E-state index in [9.17, 15) is 4.79 Å². The van der Waals surface area contributed by atoms with Gasteiger partial charge in [-0.25, -0.2) is 0 Å². The van der Waals surface area contributed by atoms with E-state index >= 15 is 0 Å². The van der Waals surface area contributed by atoms with Gasteiger partial charge in [-0.15, -0.1) is 0 Å². The molecule has 1 aromatic carbocycles. The van der Waals surface area contributed by atoms with E-state index in [-0.39, 0.29) is 6.42 Å². The van der Waals surface area contributed by atoms with E-state index in [1.807, 2.05) is 25.1 Å². The number of aliphatic carboxylic acids is 1. The van der Waals surface area contributed by atoms with Crippen molar-refractivity contribution in [1.82, 2.24) is 10.2 Å². The van der Waals surface area contributed by atoms with Crippen molar-refractivity contribution in [3.05, 3.63) is 35.5 Å². The highest BCUT2D eigenvalue weighted by molar-refractivity contribution is 5.72. The number of nitrogens with zero attached hydrogens (tertiary/aromatic N) is 1. The third kappa shape index (κ3) is 2.93. The lowest BCUT2D eigenvalue weighted by atomic mass is 10.0. The largest absolute Gasteiger partial charge is 0.496 e. The number of aryl methyl sites for hydroxylation is 2. The number of aromatic nitrogens is 2. The second-order valence-electron chi connectivity index (χ2n) is 4.37. The van der Waals surface area contributed by atoms with Crippen LogP contribution in [0.4, 0.5) is 0 Å². The average molecular weight is 260 g/mol. The first-order valence-corrected chi connectivity index (χ1v) is 6.01. The van der Waals surface area contributed by atoms with Crippen molar-refractivity contribution in [2.45, 2.75) is 19.8 Å². The summed E-state index contributed by atoms with van der Waals surface area (Å²) < 4.78 is 5.34. The van der Waals surface area contributed by atoms with Crippen LogP contribution in [0.15, 0.2) is 24.4 Å². The van der Waals surface area contributed by atoms with Crippen molar-refractivity contribution >= 4 is 5.97 Å². The maximum atomic E-state index is 10.7. The molecular weight excluding hydrogens is 244 g/mol. The molecule has 0 aliphatic rings. The summed E-state index contributed by atoms with van der Waals surface area (Å²) in [5.74, 6) is -0.0743. The maximum absolute atomic E-state index is 10.7. The summed E-state index contributed by atoms with van der Waals surface area (Å²) in [7, 11) is 1.61. The molecule has 2 aromatic rings. The van der Waals surface area contributed by atoms with E-state index in [2.05, 4.69) is 10.2 Å². The molecule has 0 fully saturated rings. The van der Waals surface area contributed by atoms with Crippen LogP contribution < -0.4 is 4.74 Å². The molecule has 2 N–H and O–H groups in total. The maximum Gasteiger partial charge on any atom is 0.303 e. The van der Waals surface area contributed by atoms with Crippen molar-refractivity contribution in [1.29, 1.82) is 0 Å². The molecule has 0 radical (unpaired) electrons. The Bertz CT molecular complexity index is 590. The summed E-state index contributed by atoms with van der Waals surface area (Å²) in [5, 5.41) is 15.7. The zero-order valence-electron chi connectivity index (χ0n) is 10.9. The Morgan fingerprint density at radius 2 is 2.26 bits per heavy atom. The minimum absolute atomic E-state index is 0.0840. The van der Waals surface area contributed by atoms with Gasteiger partial charge in [0.15, 0.2) is 0 Å². The van der Waals surface area contributed by atoms with Gasteiger partial charge in [-0.3, -0.25) is 9.89 Å². The zero-order chi connectivity index (χ0) is 13.8. The Labute approximate surface area is 111 Å². The molecule has 0 unspecified atom stereocenters. The number of H-pyrrole nitrogens is 1. The molecule has 0 saturated heterocycles. The van der Waals surface area contributed by atoms with Gasteiger partial charge in [-0.1, -0.05) is 11.6 Å². The molecule has 2 rings (SSSR count). The highest BCUT2D eigenvalue weighted by Gasteiger charge is 2.13. The van der Waals surface area contributed by atoms with Gasteiger partial charge in [0.2, 0.25) is 0 Å². The fourth-order valence-electron chi connectivity index (χ4n) is 1.99. The number of carbonyl (C=O) groups is 1. The van der Waals surface area contributed by atoms with Gasteiger partial charge < -0.3 is 9.84 Å². The molecule has 0 aliphatic carbocycles. The first kappa shape index (κ1) is 13.1. The van der Waals surface area contributed by atoms with Crippen molar-refractivity contribution in [2.24, 2.45) is 0 Å². The van der Waals surface area contributed by atoms with E-state index in [0.717, 1.165) is 28.1 Å². The summed E-state index contributed by atoms with van der Waals surface area (Å²) >= 11 is 0. The van der Waals surface area contributed by atoms with Crippen LogP contribution in [0.1, 0.15) is 17.5 Å². The van der Waals surface area contributed by atoms with Crippen LogP contribution in [0.2, 0.25) is 0 Å². The number of hydrogen-bond donors (Lipinski definition) is 2. The summed E-state index contributed by atoms with van der Waals surface area (Å²) in [4.78, 5) is 10.7. The Hall–Kier alpha value is -2.30. The molecule has 100 valence electrons. The quantitative estimate of drug-likeness (QED) is 0.865. The van der Waals surface area contributed by atoms with Crippen LogP contribution in [0, 0.1) is 6.92 Å². The lowest BCUT2D eigenvalue weighted by Crippen LogP contribution is -1.98. The molecule has 19 heavy (non-hydrogen) atoms. The Morgan fingerprint density at radius 3 is 2.95 bits per heavy atom. The van der Waals surface area contributed by atoms with Crippen molar-refractivity contribution in [2.75, 3.05) is 7.11 Å². The molecule has 1 heterocycles. The van der Waals surface area contributed by atoms with E-state index in [0.29, 0.717) is 6.42 Å². The van der Waals surface area contributed by atoms with Crippen molar-refractivity contribution in [3.8, 4) is 17.0 Å². The zero-order valence-corrected chi connectivity index (χ0v) is 10.9. The minimum Gasteiger partial charge on any atom is -0.496 e. The molecule has 0 spiro atoms. The average Bonchev–Trinajstić information content (AvgIpc) is 2.84. The van der Waals surface area contributed by atoms with Crippen molar-refractivity contribution in [3.63, 3.8) is 0 Å². The highest BCUT2D eigenvalue weighted by Crippen LogP contribution is 2.32. The van der Waals surface area contributed by atoms with Gasteiger partial charge in [-0.05, 0) is 31.0 Å². The lowest BCUT2D eigenvalue weighted by molar-refractivity contribution is -0.136. The predicted molar refractivity (Wildman–Crippen MR) is 71.3 cm³/mol. The van der Waals surface area contributed by atoms with Crippen LogP contribution in [0.3, 0.4) is 0 Å². The van der Waals surface area contributed by atoms with Gasteiger partial charge in [-0.2, -0.15) is 5.10 Å². The summed E-state index contributed by atoms with van der Waals surface area (Å²) in [6, 6.07) is 5.86. The Balaban J connectivity index is 2.39. The number of aromatic amines is 1.